The number of nitrogens with one attached hydrogen (secondary N) is 1. The zero-order chi connectivity index (χ0) is 11.5. The fraction of sp³-hybridized carbons (Fsp3) is 0.417. The highest BCUT2D eigenvalue weighted by Crippen LogP contribution is 2.21. The quantitative estimate of drug-likeness (QED) is 0.784. The first kappa shape index (κ1) is 14.8. The number of amides is 1. The van der Waals surface area contributed by atoms with Crippen molar-refractivity contribution in [3.63, 3.8) is 0 Å². The van der Waals surface area contributed by atoms with Crippen molar-refractivity contribution in [2.75, 3.05) is 11.1 Å². The molecule has 0 aromatic heterocycles. The summed E-state index contributed by atoms with van der Waals surface area (Å²) in [5, 5.41) is 2.80. The number of nitrogen functional groups attached to an aromatic ring is 1. The monoisotopic (exact) mass is 242 g/mol. The van der Waals surface area contributed by atoms with Gasteiger partial charge in [-0.05, 0) is 17.5 Å². The number of halogens is 1. The number of hydrogen-bond donors (Lipinski definition) is 2. The topological polar surface area (TPSA) is 55.1 Å². The number of rotatable bonds is 2. The molecule has 0 saturated carbocycles. The molecular weight excluding hydrogens is 224 g/mol. The van der Waals surface area contributed by atoms with E-state index in [0.29, 0.717) is 17.8 Å². The molecule has 0 spiro atoms. The van der Waals surface area contributed by atoms with Gasteiger partial charge in [-0.25, -0.2) is 0 Å². The van der Waals surface area contributed by atoms with Crippen molar-refractivity contribution in [2.24, 2.45) is 5.41 Å². The number of hydrogen-bond acceptors (Lipinski definition) is 2. The number of anilines is 2. The van der Waals surface area contributed by atoms with Gasteiger partial charge in [0.05, 0.1) is 11.4 Å². The lowest BCUT2D eigenvalue weighted by molar-refractivity contribution is -0.117. The number of nitrogens with two attached hydrogens (primary N) is 1. The number of benzene rings is 1. The second-order valence-electron chi connectivity index (χ2n) is 4.87. The van der Waals surface area contributed by atoms with Crippen LogP contribution < -0.4 is 11.1 Å². The summed E-state index contributed by atoms with van der Waals surface area (Å²) in [5.74, 6) is 0.000370. The summed E-state index contributed by atoms with van der Waals surface area (Å²) in [6.45, 7) is 6.09. The minimum absolute atomic E-state index is 0. The molecule has 1 aromatic rings. The van der Waals surface area contributed by atoms with Crippen LogP contribution in [0.4, 0.5) is 11.4 Å². The van der Waals surface area contributed by atoms with E-state index in [4.69, 9.17) is 5.73 Å². The molecule has 3 N–H and O–H groups in total. The smallest absolute Gasteiger partial charge is 0.224 e. The van der Waals surface area contributed by atoms with Gasteiger partial charge in [0.15, 0.2) is 0 Å². The van der Waals surface area contributed by atoms with Crippen LogP contribution in [0.25, 0.3) is 0 Å². The lowest BCUT2D eigenvalue weighted by Crippen LogP contribution is -2.20. The second-order valence-corrected chi connectivity index (χ2v) is 4.87. The highest BCUT2D eigenvalue weighted by molar-refractivity contribution is 5.94. The highest BCUT2D eigenvalue weighted by Gasteiger charge is 2.16. The Hall–Kier alpha value is -1.22. The van der Waals surface area contributed by atoms with E-state index < -0.39 is 0 Å². The molecule has 1 rings (SSSR count). The molecule has 3 nitrogen and oxygen atoms in total. The number of carbonyl (C=O) groups is 1. The average Bonchev–Trinajstić information content (AvgIpc) is 2.05. The fourth-order valence-electron chi connectivity index (χ4n) is 1.29. The standard InChI is InChI=1S/C12H18N2O.ClH/c1-12(2,3)8-11(15)14-10-7-5-4-6-9(10)13;/h4-7H,8,13H2,1-3H3,(H,14,15);1H. The Bertz CT molecular complexity index is 358. The summed E-state index contributed by atoms with van der Waals surface area (Å²) in [6.07, 6.45) is 0.487. The van der Waals surface area contributed by atoms with Crippen molar-refractivity contribution in [3.05, 3.63) is 24.3 Å². The zero-order valence-electron chi connectivity index (χ0n) is 9.91. The van der Waals surface area contributed by atoms with Crippen molar-refractivity contribution >= 4 is 29.7 Å². The molecule has 90 valence electrons. The normalized spacial score (nSPS) is 10.4. The van der Waals surface area contributed by atoms with Crippen molar-refractivity contribution in [1.29, 1.82) is 0 Å². The maximum Gasteiger partial charge on any atom is 0.224 e. The van der Waals surface area contributed by atoms with E-state index in [1.807, 2.05) is 32.9 Å². The van der Waals surface area contributed by atoms with Crippen molar-refractivity contribution in [3.8, 4) is 0 Å². The summed E-state index contributed by atoms with van der Waals surface area (Å²) in [5.41, 5.74) is 7.00. The van der Waals surface area contributed by atoms with Gasteiger partial charge in [-0.3, -0.25) is 4.79 Å². The minimum Gasteiger partial charge on any atom is -0.397 e. The highest BCUT2D eigenvalue weighted by atomic mass is 35.5. The molecule has 0 aliphatic carbocycles. The van der Waals surface area contributed by atoms with Crippen LogP contribution in [0.3, 0.4) is 0 Å². The van der Waals surface area contributed by atoms with E-state index in [0.717, 1.165) is 0 Å². The van der Waals surface area contributed by atoms with Crippen LogP contribution in [0.2, 0.25) is 0 Å². The summed E-state index contributed by atoms with van der Waals surface area (Å²) >= 11 is 0. The first-order valence-electron chi connectivity index (χ1n) is 5.03. The minimum atomic E-state index is -0.00632. The molecule has 0 radical (unpaired) electrons. The van der Waals surface area contributed by atoms with E-state index in [1.165, 1.54) is 0 Å². The van der Waals surface area contributed by atoms with Gasteiger partial charge in [-0.15, -0.1) is 12.4 Å². The Morgan fingerprint density at radius 1 is 1.31 bits per heavy atom. The van der Waals surface area contributed by atoms with Crippen LogP contribution >= 0.6 is 12.4 Å². The molecule has 0 fully saturated rings. The van der Waals surface area contributed by atoms with E-state index in [9.17, 15) is 4.79 Å². The Labute approximate surface area is 103 Å². The molecule has 0 aliphatic heterocycles. The lowest BCUT2D eigenvalue weighted by atomic mass is 9.92. The SMILES string of the molecule is CC(C)(C)CC(=O)Nc1ccccc1N.Cl. The molecule has 0 bridgehead atoms. The third kappa shape index (κ3) is 5.03. The third-order valence-electron chi connectivity index (χ3n) is 1.93. The summed E-state index contributed by atoms with van der Waals surface area (Å²) < 4.78 is 0. The van der Waals surface area contributed by atoms with Crippen LogP contribution in [0.1, 0.15) is 27.2 Å². The maximum absolute atomic E-state index is 11.6. The molecule has 16 heavy (non-hydrogen) atoms. The first-order chi connectivity index (χ1) is 6.88. The third-order valence-corrected chi connectivity index (χ3v) is 1.93. The molecule has 4 heteroatoms. The largest absolute Gasteiger partial charge is 0.397 e. The van der Waals surface area contributed by atoms with Crippen LogP contribution in [0.15, 0.2) is 24.3 Å². The Kier molecular flexibility index (Phi) is 5.31. The van der Waals surface area contributed by atoms with Gasteiger partial charge < -0.3 is 11.1 Å². The predicted molar refractivity (Wildman–Crippen MR) is 70.8 cm³/mol. The van der Waals surface area contributed by atoms with E-state index in [-0.39, 0.29) is 23.7 Å². The van der Waals surface area contributed by atoms with Gasteiger partial charge in [0.1, 0.15) is 0 Å². The summed E-state index contributed by atoms with van der Waals surface area (Å²) in [7, 11) is 0. The second kappa shape index (κ2) is 5.75. The van der Waals surface area contributed by atoms with E-state index in [1.54, 1.807) is 12.1 Å². The van der Waals surface area contributed by atoms with Crippen LogP contribution in [-0.4, -0.2) is 5.91 Å². The van der Waals surface area contributed by atoms with Gasteiger partial charge in [-0.2, -0.15) is 0 Å². The van der Waals surface area contributed by atoms with Crippen LogP contribution in [0.5, 0.6) is 0 Å². The molecular formula is C12H19ClN2O. The number of carbonyl (C=O) groups excluding carboxylic acids is 1. The van der Waals surface area contributed by atoms with Gasteiger partial charge in [0, 0.05) is 6.42 Å². The molecule has 1 aromatic carbocycles. The Balaban J connectivity index is 0.00000225. The lowest BCUT2D eigenvalue weighted by Gasteiger charge is -2.17. The molecule has 0 unspecified atom stereocenters. The van der Waals surface area contributed by atoms with Gasteiger partial charge >= 0.3 is 0 Å². The maximum atomic E-state index is 11.6. The fourth-order valence-corrected chi connectivity index (χ4v) is 1.29. The molecule has 0 heterocycles. The first-order valence-corrected chi connectivity index (χ1v) is 5.03. The molecule has 0 saturated heterocycles. The zero-order valence-corrected chi connectivity index (χ0v) is 10.7. The Morgan fingerprint density at radius 2 is 1.88 bits per heavy atom. The van der Waals surface area contributed by atoms with E-state index >= 15 is 0 Å². The van der Waals surface area contributed by atoms with E-state index in [2.05, 4.69) is 5.32 Å². The molecule has 1 amide bonds. The van der Waals surface area contributed by atoms with Gasteiger partial charge in [0.2, 0.25) is 5.91 Å². The predicted octanol–water partition coefficient (Wildman–Crippen LogP) is 3.07. The summed E-state index contributed by atoms with van der Waals surface area (Å²) in [4.78, 5) is 11.6. The summed E-state index contributed by atoms with van der Waals surface area (Å²) in [6, 6.07) is 7.26. The van der Waals surface area contributed by atoms with Crippen molar-refractivity contribution in [2.45, 2.75) is 27.2 Å². The molecule has 0 aliphatic rings. The van der Waals surface area contributed by atoms with Crippen molar-refractivity contribution < 1.29 is 4.79 Å². The van der Waals surface area contributed by atoms with Crippen LogP contribution in [-0.2, 0) is 4.79 Å². The van der Waals surface area contributed by atoms with Gasteiger partial charge in [-0.1, -0.05) is 32.9 Å². The number of para-hydroxylation sites is 2. The Morgan fingerprint density at radius 3 is 2.38 bits per heavy atom. The molecule has 0 atom stereocenters. The van der Waals surface area contributed by atoms with Crippen molar-refractivity contribution in [1.82, 2.24) is 0 Å². The average molecular weight is 243 g/mol. The van der Waals surface area contributed by atoms with Gasteiger partial charge in [0.25, 0.3) is 0 Å². The van der Waals surface area contributed by atoms with Crippen LogP contribution in [0, 0.1) is 5.41 Å².